The van der Waals surface area contributed by atoms with E-state index in [4.69, 9.17) is 10.5 Å². The van der Waals surface area contributed by atoms with Crippen LogP contribution in [0.1, 0.15) is 43.0 Å². The summed E-state index contributed by atoms with van der Waals surface area (Å²) < 4.78 is 5.96. The standard InChI is InChI=1S/C16H24N2O2/c1-2-3-10-18-11-8-15(9-12-18)20-14-6-4-13(5-7-14)16(17)19/h4-7,15H,2-3,8-12H2,1H3,(H2,17,19). The fourth-order valence-electron chi connectivity index (χ4n) is 2.52. The number of nitrogens with two attached hydrogens (primary N) is 1. The van der Waals surface area contributed by atoms with Crippen LogP contribution in [-0.4, -0.2) is 36.5 Å². The monoisotopic (exact) mass is 276 g/mol. The zero-order valence-electron chi connectivity index (χ0n) is 12.2. The van der Waals surface area contributed by atoms with Gasteiger partial charge in [-0.25, -0.2) is 0 Å². The van der Waals surface area contributed by atoms with E-state index < -0.39 is 5.91 Å². The Morgan fingerprint density at radius 1 is 1.30 bits per heavy atom. The van der Waals surface area contributed by atoms with Crippen LogP contribution in [0.2, 0.25) is 0 Å². The van der Waals surface area contributed by atoms with Gasteiger partial charge in [0.1, 0.15) is 11.9 Å². The molecule has 1 aliphatic rings. The highest BCUT2D eigenvalue weighted by atomic mass is 16.5. The highest BCUT2D eigenvalue weighted by molar-refractivity contribution is 5.92. The van der Waals surface area contributed by atoms with E-state index in [1.807, 2.05) is 12.1 Å². The van der Waals surface area contributed by atoms with Crippen molar-refractivity contribution in [3.05, 3.63) is 29.8 Å². The number of nitrogens with zero attached hydrogens (tertiary/aromatic N) is 1. The lowest BCUT2D eigenvalue weighted by Crippen LogP contribution is -2.38. The number of benzene rings is 1. The first-order chi connectivity index (χ1) is 9.69. The minimum Gasteiger partial charge on any atom is -0.490 e. The van der Waals surface area contributed by atoms with Crippen molar-refractivity contribution in [1.82, 2.24) is 4.90 Å². The quantitative estimate of drug-likeness (QED) is 0.868. The molecule has 1 amide bonds. The van der Waals surface area contributed by atoms with Crippen LogP contribution in [0.4, 0.5) is 0 Å². The molecule has 0 bridgehead atoms. The van der Waals surface area contributed by atoms with Gasteiger partial charge < -0.3 is 15.4 Å². The highest BCUT2D eigenvalue weighted by Crippen LogP contribution is 2.19. The number of carbonyl (C=O) groups is 1. The molecule has 1 heterocycles. The van der Waals surface area contributed by atoms with Gasteiger partial charge in [0.15, 0.2) is 0 Å². The van der Waals surface area contributed by atoms with E-state index in [1.54, 1.807) is 12.1 Å². The summed E-state index contributed by atoms with van der Waals surface area (Å²) >= 11 is 0. The molecule has 0 radical (unpaired) electrons. The third-order valence-electron chi connectivity index (χ3n) is 3.80. The zero-order chi connectivity index (χ0) is 14.4. The van der Waals surface area contributed by atoms with Crippen LogP contribution in [-0.2, 0) is 0 Å². The van der Waals surface area contributed by atoms with Crippen molar-refractivity contribution in [2.45, 2.75) is 38.7 Å². The maximum absolute atomic E-state index is 11.0. The van der Waals surface area contributed by atoms with Crippen LogP contribution < -0.4 is 10.5 Å². The smallest absolute Gasteiger partial charge is 0.248 e. The minimum atomic E-state index is -0.402. The van der Waals surface area contributed by atoms with Gasteiger partial charge in [-0.3, -0.25) is 4.79 Å². The maximum atomic E-state index is 11.0. The Balaban J connectivity index is 1.79. The SMILES string of the molecule is CCCCN1CCC(Oc2ccc(C(N)=O)cc2)CC1. The summed E-state index contributed by atoms with van der Waals surface area (Å²) in [5.41, 5.74) is 5.74. The van der Waals surface area contributed by atoms with Crippen molar-refractivity contribution in [2.75, 3.05) is 19.6 Å². The molecule has 1 aliphatic heterocycles. The number of piperidine rings is 1. The molecule has 0 saturated carbocycles. The van der Waals surface area contributed by atoms with E-state index >= 15 is 0 Å². The fourth-order valence-corrected chi connectivity index (χ4v) is 2.52. The predicted octanol–water partition coefficient (Wildman–Crippen LogP) is 2.43. The van der Waals surface area contributed by atoms with Gasteiger partial charge in [0, 0.05) is 18.7 Å². The number of unbranched alkanes of at least 4 members (excludes halogenated alkanes) is 1. The lowest BCUT2D eigenvalue weighted by Gasteiger charge is -2.32. The third kappa shape index (κ3) is 4.23. The van der Waals surface area contributed by atoms with Crippen LogP contribution in [0, 0.1) is 0 Å². The normalized spacial score (nSPS) is 17.1. The molecule has 0 aliphatic carbocycles. The van der Waals surface area contributed by atoms with Crippen LogP contribution in [0.3, 0.4) is 0 Å². The molecule has 2 N–H and O–H groups in total. The number of likely N-dealkylation sites (tertiary alicyclic amines) is 1. The van der Waals surface area contributed by atoms with E-state index in [0.29, 0.717) is 5.56 Å². The van der Waals surface area contributed by atoms with Crippen molar-refractivity contribution in [2.24, 2.45) is 5.73 Å². The van der Waals surface area contributed by atoms with Crippen molar-refractivity contribution in [3.8, 4) is 5.75 Å². The molecule has 0 unspecified atom stereocenters. The molecule has 2 rings (SSSR count). The second-order valence-corrected chi connectivity index (χ2v) is 5.40. The summed E-state index contributed by atoms with van der Waals surface area (Å²) in [6.07, 6.45) is 4.96. The molecule has 4 heteroatoms. The van der Waals surface area contributed by atoms with Gasteiger partial charge in [0.05, 0.1) is 0 Å². The third-order valence-corrected chi connectivity index (χ3v) is 3.80. The second-order valence-electron chi connectivity index (χ2n) is 5.40. The number of amides is 1. The first kappa shape index (κ1) is 14.9. The maximum Gasteiger partial charge on any atom is 0.248 e. The molecule has 0 spiro atoms. The van der Waals surface area contributed by atoms with Gasteiger partial charge in [0.2, 0.25) is 5.91 Å². The number of rotatable bonds is 6. The Labute approximate surface area is 120 Å². The van der Waals surface area contributed by atoms with E-state index in [0.717, 1.165) is 31.7 Å². The van der Waals surface area contributed by atoms with Crippen molar-refractivity contribution < 1.29 is 9.53 Å². The van der Waals surface area contributed by atoms with E-state index in [9.17, 15) is 4.79 Å². The van der Waals surface area contributed by atoms with Gasteiger partial charge in [-0.15, -0.1) is 0 Å². The van der Waals surface area contributed by atoms with Crippen molar-refractivity contribution in [3.63, 3.8) is 0 Å². The summed E-state index contributed by atoms with van der Waals surface area (Å²) in [4.78, 5) is 13.5. The zero-order valence-corrected chi connectivity index (χ0v) is 12.2. The highest BCUT2D eigenvalue weighted by Gasteiger charge is 2.19. The first-order valence-electron chi connectivity index (χ1n) is 7.48. The molecule has 1 fully saturated rings. The Bertz CT molecular complexity index is 423. The van der Waals surface area contributed by atoms with Gasteiger partial charge in [-0.2, -0.15) is 0 Å². The molecule has 0 aromatic heterocycles. The molecule has 110 valence electrons. The Morgan fingerprint density at radius 3 is 2.50 bits per heavy atom. The predicted molar refractivity (Wildman–Crippen MR) is 80.0 cm³/mol. The van der Waals surface area contributed by atoms with Crippen molar-refractivity contribution >= 4 is 5.91 Å². The molecular weight excluding hydrogens is 252 g/mol. The lowest BCUT2D eigenvalue weighted by molar-refractivity contribution is 0.0992. The topological polar surface area (TPSA) is 55.6 Å². The fraction of sp³-hybridized carbons (Fsp3) is 0.562. The van der Waals surface area contributed by atoms with Gasteiger partial charge in [-0.1, -0.05) is 13.3 Å². The van der Waals surface area contributed by atoms with E-state index in [1.165, 1.54) is 19.4 Å². The van der Waals surface area contributed by atoms with Gasteiger partial charge in [-0.05, 0) is 50.1 Å². The van der Waals surface area contributed by atoms with Crippen LogP contribution in [0.25, 0.3) is 0 Å². The summed E-state index contributed by atoms with van der Waals surface area (Å²) in [5.74, 6) is 0.419. The van der Waals surface area contributed by atoms with Gasteiger partial charge >= 0.3 is 0 Å². The number of hydrogen-bond donors (Lipinski definition) is 1. The summed E-state index contributed by atoms with van der Waals surface area (Å²) in [6.45, 7) is 5.66. The van der Waals surface area contributed by atoms with Crippen LogP contribution in [0.15, 0.2) is 24.3 Å². The Hall–Kier alpha value is -1.55. The van der Waals surface area contributed by atoms with E-state index in [2.05, 4.69) is 11.8 Å². The number of ether oxygens (including phenoxy) is 1. The molecule has 20 heavy (non-hydrogen) atoms. The number of carbonyl (C=O) groups excluding carboxylic acids is 1. The van der Waals surface area contributed by atoms with Gasteiger partial charge in [0.25, 0.3) is 0 Å². The Morgan fingerprint density at radius 2 is 1.95 bits per heavy atom. The first-order valence-corrected chi connectivity index (χ1v) is 7.48. The van der Waals surface area contributed by atoms with E-state index in [-0.39, 0.29) is 6.10 Å². The minimum absolute atomic E-state index is 0.285. The molecule has 4 nitrogen and oxygen atoms in total. The molecule has 1 aromatic rings. The number of primary amides is 1. The second kappa shape index (κ2) is 7.29. The summed E-state index contributed by atoms with van der Waals surface area (Å²) in [6, 6.07) is 7.08. The Kier molecular flexibility index (Phi) is 5.41. The molecule has 1 saturated heterocycles. The summed E-state index contributed by atoms with van der Waals surface area (Å²) in [5, 5.41) is 0. The molecule has 0 atom stereocenters. The average Bonchev–Trinajstić information content (AvgIpc) is 2.47. The summed E-state index contributed by atoms with van der Waals surface area (Å²) in [7, 11) is 0. The van der Waals surface area contributed by atoms with Crippen LogP contribution in [0.5, 0.6) is 5.75 Å². The van der Waals surface area contributed by atoms with Crippen LogP contribution >= 0.6 is 0 Å². The molecular formula is C16H24N2O2. The molecule has 1 aromatic carbocycles. The largest absolute Gasteiger partial charge is 0.490 e. The average molecular weight is 276 g/mol. The number of hydrogen-bond acceptors (Lipinski definition) is 3. The van der Waals surface area contributed by atoms with Crippen molar-refractivity contribution in [1.29, 1.82) is 0 Å². The lowest BCUT2D eigenvalue weighted by atomic mass is 10.1.